The molecule has 0 radical (unpaired) electrons. The second-order valence-electron chi connectivity index (χ2n) is 5.14. The Morgan fingerprint density at radius 2 is 2.00 bits per heavy atom. The molecule has 114 valence electrons. The van der Waals surface area contributed by atoms with Crippen molar-refractivity contribution in [3.63, 3.8) is 0 Å². The van der Waals surface area contributed by atoms with E-state index in [2.05, 4.69) is 13.8 Å². The molecule has 1 atom stereocenters. The molecule has 1 rings (SSSR count). The molecule has 0 saturated heterocycles. The lowest BCUT2D eigenvalue weighted by molar-refractivity contribution is 0.231. The molecular weight excluding hydrogens is 293 g/mol. The van der Waals surface area contributed by atoms with Crippen molar-refractivity contribution >= 4 is 23.2 Å². The summed E-state index contributed by atoms with van der Waals surface area (Å²) >= 11 is 12.3. The zero-order valence-corrected chi connectivity index (χ0v) is 13.9. The molecular formula is C16H25Cl2NO. The Morgan fingerprint density at radius 3 is 2.60 bits per heavy atom. The van der Waals surface area contributed by atoms with Crippen molar-refractivity contribution in [2.45, 2.75) is 46.0 Å². The van der Waals surface area contributed by atoms with Crippen LogP contribution in [0.15, 0.2) is 12.1 Å². The van der Waals surface area contributed by atoms with Gasteiger partial charge in [0.25, 0.3) is 0 Å². The van der Waals surface area contributed by atoms with Crippen molar-refractivity contribution in [3.8, 4) is 5.75 Å². The summed E-state index contributed by atoms with van der Waals surface area (Å²) in [6, 6.07) is 3.62. The number of unbranched alkanes of at least 4 members (excludes halogenated alkanes) is 1. The predicted molar refractivity (Wildman–Crippen MR) is 88.0 cm³/mol. The number of ether oxygens (including phenoxy) is 1. The van der Waals surface area contributed by atoms with Crippen LogP contribution < -0.4 is 10.5 Å². The Hall–Kier alpha value is -0.440. The molecule has 2 N–H and O–H groups in total. The van der Waals surface area contributed by atoms with Crippen LogP contribution in [0.25, 0.3) is 0 Å². The van der Waals surface area contributed by atoms with Crippen molar-refractivity contribution in [2.75, 3.05) is 13.2 Å². The lowest BCUT2D eigenvalue weighted by atomic mass is 10.0. The number of hydrogen-bond acceptors (Lipinski definition) is 2. The predicted octanol–water partition coefficient (Wildman–Crippen LogP) is 5.09. The minimum Gasteiger partial charge on any atom is -0.491 e. The first-order valence-corrected chi connectivity index (χ1v) is 8.18. The molecule has 4 heteroatoms. The van der Waals surface area contributed by atoms with Crippen molar-refractivity contribution < 1.29 is 4.74 Å². The third kappa shape index (κ3) is 5.51. The van der Waals surface area contributed by atoms with Gasteiger partial charge in [-0.25, -0.2) is 0 Å². The van der Waals surface area contributed by atoms with Gasteiger partial charge in [-0.15, -0.1) is 0 Å². The van der Waals surface area contributed by atoms with Crippen molar-refractivity contribution in [3.05, 3.63) is 27.7 Å². The van der Waals surface area contributed by atoms with E-state index in [0.717, 1.165) is 24.2 Å². The molecule has 0 aliphatic carbocycles. The third-order valence-corrected chi connectivity index (χ3v) is 4.00. The van der Waals surface area contributed by atoms with E-state index >= 15 is 0 Å². The normalized spacial score (nSPS) is 12.4. The average molecular weight is 318 g/mol. The van der Waals surface area contributed by atoms with Gasteiger partial charge in [-0.3, -0.25) is 0 Å². The maximum absolute atomic E-state index is 6.25. The fraction of sp³-hybridized carbons (Fsp3) is 0.625. The molecule has 0 aliphatic rings. The number of nitrogens with two attached hydrogens (primary N) is 1. The van der Waals surface area contributed by atoms with E-state index in [0.29, 0.717) is 29.1 Å². The van der Waals surface area contributed by atoms with Crippen LogP contribution in [0.1, 0.15) is 45.1 Å². The summed E-state index contributed by atoms with van der Waals surface area (Å²) in [7, 11) is 0. The van der Waals surface area contributed by atoms with Crippen molar-refractivity contribution in [1.82, 2.24) is 0 Å². The summed E-state index contributed by atoms with van der Waals surface area (Å²) in [4.78, 5) is 0. The number of hydrogen-bond donors (Lipinski definition) is 1. The zero-order valence-electron chi connectivity index (χ0n) is 12.4. The third-order valence-electron chi connectivity index (χ3n) is 3.51. The Kier molecular flexibility index (Phi) is 8.35. The number of rotatable bonds is 9. The summed E-state index contributed by atoms with van der Waals surface area (Å²) in [6.07, 6.45) is 5.51. The number of benzene rings is 1. The Bertz CT molecular complexity index is 410. The second kappa shape index (κ2) is 9.49. The first-order valence-electron chi connectivity index (χ1n) is 7.43. The highest BCUT2D eigenvalue weighted by molar-refractivity contribution is 6.35. The van der Waals surface area contributed by atoms with Gasteiger partial charge in [0.05, 0.1) is 11.6 Å². The minimum absolute atomic E-state index is 0.556. The summed E-state index contributed by atoms with van der Waals surface area (Å²) in [6.45, 7) is 5.67. The van der Waals surface area contributed by atoms with Gasteiger partial charge in [-0.05, 0) is 43.0 Å². The van der Waals surface area contributed by atoms with Gasteiger partial charge in [0.2, 0.25) is 0 Å². The average Bonchev–Trinajstić information content (AvgIpc) is 2.41. The van der Waals surface area contributed by atoms with Crippen LogP contribution in [-0.4, -0.2) is 13.2 Å². The molecule has 0 spiro atoms. The lowest BCUT2D eigenvalue weighted by Gasteiger charge is -2.18. The Labute approximate surface area is 132 Å². The van der Waals surface area contributed by atoms with E-state index in [1.54, 1.807) is 6.07 Å². The molecule has 0 saturated carbocycles. The summed E-state index contributed by atoms with van der Waals surface area (Å²) in [5.74, 6) is 1.32. The maximum Gasteiger partial charge on any atom is 0.141 e. The van der Waals surface area contributed by atoms with E-state index in [4.69, 9.17) is 33.7 Å². The van der Waals surface area contributed by atoms with Crippen molar-refractivity contribution in [1.29, 1.82) is 0 Å². The zero-order chi connectivity index (χ0) is 15.0. The van der Waals surface area contributed by atoms with Gasteiger partial charge in [0.15, 0.2) is 0 Å². The quantitative estimate of drug-likeness (QED) is 0.688. The van der Waals surface area contributed by atoms with Crippen molar-refractivity contribution in [2.24, 2.45) is 11.7 Å². The second-order valence-corrected chi connectivity index (χ2v) is 5.99. The Morgan fingerprint density at radius 1 is 1.25 bits per heavy atom. The highest BCUT2D eigenvalue weighted by Crippen LogP contribution is 2.33. The van der Waals surface area contributed by atoms with Gasteiger partial charge >= 0.3 is 0 Å². The van der Waals surface area contributed by atoms with E-state index in [9.17, 15) is 0 Å². The van der Waals surface area contributed by atoms with Gasteiger partial charge in [-0.1, -0.05) is 56.3 Å². The van der Waals surface area contributed by atoms with Crippen LogP contribution >= 0.6 is 23.2 Å². The van der Waals surface area contributed by atoms with Crippen LogP contribution in [0.5, 0.6) is 5.75 Å². The fourth-order valence-electron chi connectivity index (χ4n) is 2.22. The van der Waals surface area contributed by atoms with E-state index < -0.39 is 0 Å². The van der Waals surface area contributed by atoms with Gasteiger partial charge in [-0.2, -0.15) is 0 Å². The monoisotopic (exact) mass is 317 g/mol. The van der Waals surface area contributed by atoms with E-state index in [-0.39, 0.29) is 0 Å². The standard InChI is InChI=1S/C16H25Cl2NO/c1-3-5-6-12(4-2)11-20-16-13(7-8-19)9-14(17)10-15(16)18/h9-10,12H,3-8,11,19H2,1-2H3. The molecule has 0 aromatic heterocycles. The van der Waals surface area contributed by atoms with Crippen LogP contribution in [0.2, 0.25) is 10.0 Å². The molecule has 0 fully saturated rings. The van der Waals surface area contributed by atoms with Crippen LogP contribution in [-0.2, 0) is 6.42 Å². The summed E-state index contributed by atoms with van der Waals surface area (Å²) in [5, 5.41) is 1.20. The molecule has 2 nitrogen and oxygen atoms in total. The first kappa shape index (κ1) is 17.6. The fourth-order valence-corrected chi connectivity index (χ4v) is 2.81. The van der Waals surface area contributed by atoms with E-state index in [1.807, 2.05) is 6.07 Å². The smallest absolute Gasteiger partial charge is 0.141 e. The maximum atomic E-state index is 6.25. The highest BCUT2D eigenvalue weighted by atomic mass is 35.5. The van der Waals surface area contributed by atoms with E-state index in [1.165, 1.54) is 19.3 Å². The van der Waals surface area contributed by atoms with Gasteiger partial charge in [0.1, 0.15) is 5.75 Å². The first-order chi connectivity index (χ1) is 9.62. The lowest BCUT2D eigenvalue weighted by Crippen LogP contribution is -2.13. The van der Waals surface area contributed by atoms with Crippen LogP contribution in [0.3, 0.4) is 0 Å². The molecule has 1 aromatic rings. The molecule has 20 heavy (non-hydrogen) atoms. The number of halogens is 2. The molecule has 1 unspecified atom stereocenters. The largest absolute Gasteiger partial charge is 0.491 e. The highest BCUT2D eigenvalue weighted by Gasteiger charge is 2.13. The van der Waals surface area contributed by atoms with Crippen LogP contribution in [0.4, 0.5) is 0 Å². The Balaban J connectivity index is 2.74. The topological polar surface area (TPSA) is 35.2 Å². The van der Waals surface area contributed by atoms with Gasteiger partial charge < -0.3 is 10.5 Å². The van der Waals surface area contributed by atoms with Gasteiger partial charge in [0, 0.05) is 5.02 Å². The minimum atomic E-state index is 0.556. The molecule has 0 bridgehead atoms. The van der Waals surface area contributed by atoms with Crippen LogP contribution in [0, 0.1) is 5.92 Å². The summed E-state index contributed by atoms with van der Waals surface area (Å²) in [5.41, 5.74) is 6.63. The molecule has 0 heterocycles. The summed E-state index contributed by atoms with van der Waals surface area (Å²) < 4.78 is 5.98. The molecule has 0 aliphatic heterocycles. The molecule has 0 amide bonds. The SMILES string of the molecule is CCCCC(CC)COc1c(Cl)cc(Cl)cc1CCN. The molecule has 1 aromatic carbocycles.